The smallest absolute Gasteiger partial charge is 0.191 e. The molecular weight excluding hydrogens is 485 g/mol. The van der Waals surface area contributed by atoms with Crippen molar-refractivity contribution in [1.29, 1.82) is 0 Å². The van der Waals surface area contributed by atoms with Crippen LogP contribution in [-0.4, -0.2) is 63.1 Å². The van der Waals surface area contributed by atoms with E-state index in [0.717, 1.165) is 37.9 Å². The van der Waals surface area contributed by atoms with Crippen molar-refractivity contribution in [3.05, 3.63) is 46.5 Å². The summed E-state index contributed by atoms with van der Waals surface area (Å²) in [5.41, 5.74) is 0. The van der Waals surface area contributed by atoms with Crippen LogP contribution in [0, 0.1) is 0 Å². The van der Waals surface area contributed by atoms with E-state index < -0.39 is 0 Å². The molecule has 1 fully saturated rings. The minimum atomic E-state index is 0. The standard InChI is InChI=1S/C20H31N5OS.HI/c1-21-20(23-15-17(24(2)3)19-9-7-13-27-19)22-14-16(18-8-6-12-26-18)25-10-4-5-11-25;/h6-9,12-13,16-17H,4-5,10-11,14-15H2,1-3H3,(H2,21,22,23);1H. The van der Waals surface area contributed by atoms with Gasteiger partial charge in [-0.1, -0.05) is 6.07 Å². The van der Waals surface area contributed by atoms with Crippen molar-refractivity contribution in [2.24, 2.45) is 4.99 Å². The van der Waals surface area contributed by atoms with Crippen molar-refractivity contribution in [3.8, 4) is 0 Å². The number of nitrogens with zero attached hydrogens (tertiary/aromatic N) is 3. The van der Waals surface area contributed by atoms with Gasteiger partial charge in [0.15, 0.2) is 5.96 Å². The van der Waals surface area contributed by atoms with Crippen LogP contribution in [0.5, 0.6) is 0 Å². The van der Waals surface area contributed by atoms with Crippen LogP contribution in [0.4, 0.5) is 0 Å². The minimum Gasteiger partial charge on any atom is -0.468 e. The van der Waals surface area contributed by atoms with Crippen molar-refractivity contribution in [2.45, 2.75) is 24.9 Å². The molecule has 0 spiro atoms. The van der Waals surface area contributed by atoms with E-state index in [-0.39, 0.29) is 30.0 Å². The highest BCUT2D eigenvalue weighted by Gasteiger charge is 2.25. The Labute approximate surface area is 189 Å². The van der Waals surface area contributed by atoms with Gasteiger partial charge in [0.2, 0.25) is 0 Å². The molecular formula is C20H32IN5OS. The number of furan rings is 1. The van der Waals surface area contributed by atoms with Gasteiger partial charge >= 0.3 is 0 Å². The Morgan fingerprint density at radius 3 is 2.54 bits per heavy atom. The monoisotopic (exact) mass is 517 g/mol. The minimum absolute atomic E-state index is 0. The summed E-state index contributed by atoms with van der Waals surface area (Å²) < 4.78 is 5.71. The second-order valence-electron chi connectivity index (χ2n) is 7.10. The molecule has 2 N–H and O–H groups in total. The Morgan fingerprint density at radius 1 is 1.21 bits per heavy atom. The van der Waals surface area contributed by atoms with Gasteiger partial charge in [-0.05, 0) is 63.6 Å². The molecule has 2 atom stereocenters. The second kappa shape index (κ2) is 11.8. The summed E-state index contributed by atoms with van der Waals surface area (Å²) in [5, 5.41) is 9.11. The Morgan fingerprint density at radius 2 is 1.96 bits per heavy atom. The van der Waals surface area contributed by atoms with Crippen LogP contribution < -0.4 is 10.6 Å². The summed E-state index contributed by atoms with van der Waals surface area (Å²) in [4.78, 5) is 10.5. The topological polar surface area (TPSA) is 56.0 Å². The Balaban J connectivity index is 0.00000280. The quantitative estimate of drug-likeness (QED) is 0.319. The molecule has 1 aliphatic rings. The van der Waals surface area contributed by atoms with Gasteiger partial charge in [-0.25, -0.2) is 0 Å². The Bertz CT molecular complexity index is 684. The molecule has 2 unspecified atom stereocenters. The lowest BCUT2D eigenvalue weighted by atomic mass is 10.2. The van der Waals surface area contributed by atoms with Gasteiger partial charge in [0.25, 0.3) is 0 Å². The second-order valence-corrected chi connectivity index (χ2v) is 8.08. The first-order valence-corrected chi connectivity index (χ1v) is 10.5. The van der Waals surface area contributed by atoms with Crippen molar-refractivity contribution in [2.75, 3.05) is 47.3 Å². The Kier molecular flexibility index (Phi) is 9.76. The fraction of sp³-hybridized carbons (Fsp3) is 0.550. The van der Waals surface area contributed by atoms with E-state index in [1.165, 1.54) is 17.7 Å². The van der Waals surface area contributed by atoms with E-state index in [0.29, 0.717) is 6.04 Å². The van der Waals surface area contributed by atoms with E-state index in [4.69, 9.17) is 4.42 Å². The van der Waals surface area contributed by atoms with Crippen LogP contribution in [0.2, 0.25) is 0 Å². The van der Waals surface area contributed by atoms with E-state index in [9.17, 15) is 0 Å². The van der Waals surface area contributed by atoms with Gasteiger partial charge in [0.1, 0.15) is 5.76 Å². The van der Waals surface area contributed by atoms with Crippen LogP contribution >= 0.6 is 35.3 Å². The number of halogens is 1. The van der Waals surface area contributed by atoms with Crippen LogP contribution in [0.25, 0.3) is 0 Å². The van der Waals surface area contributed by atoms with Crippen molar-refractivity contribution >= 4 is 41.3 Å². The third kappa shape index (κ3) is 6.20. The number of rotatable bonds is 8. The highest BCUT2D eigenvalue weighted by Crippen LogP contribution is 2.25. The molecule has 2 aromatic rings. The summed E-state index contributed by atoms with van der Waals surface area (Å²) in [7, 11) is 6.05. The number of likely N-dealkylation sites (tertiary alicyclic amines) is 1. The summed E-state index contributed by atoms with van der Waals surface area (Å²) in [6.45, 7) is 3.83. The van der Waals surface area contributed by atoms with Gasteiger partial charge in [0, 0.05) is 25.0 Å². The molecule has 0 saturated carbocycles. The SMILES string of the molecule is CN=C(NCC(c1cccs1)N(C)C)NCC(c1ccco1)N1CCCC1.I. The lowest BCUT2D eigenvalue weighted by molar-refractivity contribution is 0.215. The average Bonchev–Trinajstić information content (AvgIpc) is 3.43. The lowest BCUT2D eigenvalue weighted by Gasteiger charge is -2.28. The summed E-state index contributed by atoms with van der Waals surface area (Å²) in [6, 6.07) is 8.89. The number of hydrogen-bond acceptors (Lipinski definition) is 5. The molecule has 3 heterocycles. The molecule has 156 valence electrons. The summed E-state index contributed by atoms with van der Waals surface area (Å²) >= 11 is 1.79. The highest BCUT2D eigenvalue weighted by atomic mass is 127. The third-order valence-electron chi connectivity index (χ3n) is 5.10. The third-order valence-corrected chi connectivity index (χ3v) is 6.07. The normalized spacial score (nSPS) is 17.4. The number of thiophene rings is 1. The predicted molar refractivity (Wildman–Crippen MR) is 128 cm³/mol. The predicted octanol–water partition coefficient (Wildman–Crippen LogP) is 3.56. The van der Waals surface area contributed by atoms with Crippen LogP contribution in [-0.2, 0) is 0 Å². The molecule has 3 rings (SSSR count). The van der Waals surface area contributed by atoms with Gasteiger partial charge in [0.05, 0.1) is 18.3 Å². The van der Waals surface area contributed by atoms with E-state index in [2.05, 4.69) is 63.1 Å². The van der Waals surface area contributed by atoms with Crippen LogP contribution in [0.1, 0.15) is 35.6 Å². The zero-order valence-corrected chi connectivity index (χ0v) is 20.1. The summed E-state index contributed by atoms with van der Waals surface area (Å²) in [5.74, 6) is 1.85. The molecule has 0 bridgehead atoms. The molecule has 0 aliphatic carbocycles. The fourth-order valence-corrected chi connectivity index (χ4v) is 4.49. The van der Waals surface area contributed by atoms with Gasteiger partial charge in [-0.2, -0.15) is 0 Å². The molecule has 0 radical (unpaired) electrons. The number of hydrogen-bond donors (Lipinski definition) is 2. The molecule has 2 aromatic heterocycles. The maximum absolute atomic E-state index is 5.71. The first-order valence-electron chi connectivity index (χ1n) is 9.61. The first-order chi connectivity index (χ1) is 13.2. The number of guanidine groups is 1. The van der Waals surface area contributed by atoms with Crippen molar-refractivity contribution < 1.29 is 4.42 Å². The van der Waals surface area contributed by atoms with E-state index in [1.807, 2.05) is 13.1 Å². The van der Waals surface area contributed by atoms with Crippen molar-refractivity contribution in [3.63, 3.8) is 0 Å². The molecule has 1 saturated heterocycles. The Hall–Kier alpha value is -1.10. The molecule has 1 aliphatic heterocycles. The average molecular weight is 517 g/mol. The largest absolute Gasteiger partial charge is 0.468 e. The highest BCUT2D eigenvalue weighted by molar-refractivity contribution is 14.0. The first kappa shape index (κ1) is 23.2. The zero-order valence-electron chi connectivity index (χ0n) is 16.9. The maximum Gasteiger partial charge on any atom is 0.191 e. The van der Waals surface area contributed by atoms with Crippen molar-refractivity contribution in [1.82, 2.24) is 20.4 Å². The van der Waals surface area contributed by atoms with E-state index >= 15 is 0 Å². The van der Waals surface area contributed by atoms with E-state index in [1.54, 1.807) is 17.6 Å². The van der Waals surface area contributed by atoms with Crippen LogP contribution in [0.15, 0.2) is 45.3 Å². The lowest BCUT2D eigenvalue weighted by Crippen LogP contribution is -2.44. The molecule has 0 aromatic carbocycles. The molecule has 28 heavy (non-hydrogen) atoms. The van der Waals surface area contributed by atoms with Gasteiger partial charge < -0.3 is 20.0 Å². The number of aliphatic imine (C=N–C) groups is 1. The van der Waals surface area contributed by atoms with Crippen LogP contribution in [0.3, 0.4) is 0 Å². The molecule has 6 nitrogen and oxygen atoms in total. The molecule has 0 amide bonds. The fourth-order valence-electron chi connectivity index (χ4n) is 3.57. The number of likely N-dealkylation sites (N-methyl/N-ethyl adjacent to an activating group) is 1. The maximum atomic E-state index is 5.71. The van der Waals surface area contributed by atoms with Gasteiger partial charge in [-0.3, -0.25) is 9.89 Å². The summed E-state index contributed by atoms with van der Waals surface area (Å²) in [6.07, 6.45) is 4.28. The zero-order chi connectivity index (χ0) is 19.1. The van der Waals surface area contributed by atoms with Gasteiger partial charge in [-0.15, -0.1) is 35.3 Å². The number of nitrogens with one attached hydrogen (secondary N) is 2. The molecule has 8 heteroatoms.